The van der Waals surface area contributed by atoms with Gasteiger partial charge in [0.2, 0.25) is 0 Å². The molecular formula is C35H33ClN6O4. The zero-order valence-corrected chi connectivity index (χ0v) is 26.7. The van der Waals surface area contributed by atoms with Gasteiger partial charge >= 0.3 is 5.97 Å². The number of nitrogens with zero attached hydrogens (tertiary/aromatic N) is 6. The number of carbonyl (C=O) groups excluding carboxylic acids is 1. The summed E-state index contributed by atoms with van der Waals surface area (Å²) in [6.45, 7) is 11.6. The van der Waals surface area contributed by atoms with Crippen molar-refractivity contribution in [2.75, 3.05) is 6.61 Å². The van der Waals surface area contributed by atoms with E-state index in [-0.39, 0.29) is 29.9 Å². The SMILES string of the molecule is C=C(C)C(=O)OCCc1cc(Cc2cc(C(C)(C)C)cc(-n3nc4ccc(Cl)cc4n3)c2O)c(O)c(-n2nc3ccccc3n2)c1. The van der Waals surface area contributed by atoms with Gasteiger partial charge in [0.25, 0.3) is 0 Å². The molecule has 46 heavy (non-hydrogen) atoms. The second-order valence-corrected chi connectivity index (χ2v) is 12.8. The summed E-state index contributed by atoms with van der Waals surface area (Å²) in [5.41, 5.74) is 6.17. The Hall–Kier alpha value is -5.22. The summed E-state index contributed by atoms with van der Waals surface area (Å²) >= 11 is 6.19. The summed E-state index contributed by atoms with van der Waals surface area (Å²) in [7, 11) is 0. The fraction of sp³-hybridized carbons (Fsp3) is 0.229. The molecule has 0 aliphatic rings. The number of rotatable bonds is 8. The van der Waals surface area contributed by atoms with Crippen LogP contribution in [0.1, 0.15) is 49.9 Å². The average Bonchev–Trinajstić information content (AvgIpc) is 3.63. The summed E-state index contributed by atoms with van der Waals surface area (Å²) < 4.78 is 5.35. The van der Waals surface area contributed by atoms with Crippen molar-refractivity contribution in [3.8, 4) is 22.9 Å². The Labute approximate surface area is 270 Å². The molecule has 11 heteroatoms. The number of hydrogen-bond acceptors (Lipinski definition) is 8. The predicted octanol–water partition coefficient (Wildman–Crippen LogP) is 6.77. The van der Waals surface area contributed by atoms with Crippen molar-refractivity contribution < 1.29 is 19.7 Å². The molecule has 2 aromatic heterocycles. The highest BCUT2D eigenvalue weighted by atomic mass is 35.5. The number of hydrogen-bond donors (Lipinski definition) is 2. The number of aromatic nitrogens is 6. The van der Waals surface area contributed by atoms with Gasteiger partial charge in [0, 0.05) is 34.6 Å². The van der Waals surface area contributed by atoms with E-state index >= 15 is 0 Å². The molecule has 0 aliphatic heterocycles. The van der Waals surface area contributed by atoms with Crippen molar-refractivity contribution in [1.29, 1.82) is 0 Å². The molecule has 0 aliphatic carbocycles. The van der Waals surface area contributed by atoms with Crippen LogP contribution >= 0.6 is 11.6 Å². The van der Waals surface area contributed by atoms with E-state index in [1.807, 2.05) is 42.5 Å². The van der Waals surface area contributed by atoms with Gasteiger partial charge in [0.15, 0.2) is 0 Å². The lowest BCUT2D eigenvalue weighted by Gasteiger charge is -2.22. The topological polar surface area (TPSA) is 128 Å². The molecule has 2 N–H and O–H groups in total. The van der Waals surface area contributed by atoms with E-state index in [0.717, 1.165) is 11.1 Å². The van der Waals surface area contributed by atoms with Crippen LogP contribution in [0.3, 0.4) is 0 Å². The first-order chi connectivity index (χ1) is 21.9. The molecule has 0 spiro atoms. The minimum absolute atomic E-state index is 0.0240. The summed E-state index contributed by atoms with van der Waals surface area (Å²) in [5, 5.41) is 42.2. The zero-order chi connectivity index (χ0) is 32.7. The van der Waals surface area contributed by atoms with Crippen molar-refractivity contribution in [2.24, 2.45) is 0 Å². The number of fused-ring (bicyclic) bond motifs is 2. The van der Waals surface area contributed by atoms with Crippen LogP contribution in [0.25, 0.3) is 33.4 Å². The Morgan fingerprint density at radius 3 is 2.00 bits per heavy atom. The molecule has 6 rings (SSSR count). The van der Waals surface area contributed by atoms with Gasteiger partial charge in [0.1, 0.15) is 44.9 Å². The van der Waals surface area contributed by atoms with Crippen LogP contribution in [0.5, 0.6) is 11.5 Å². The zero-order valence-electron chi connectivity index (χ0n) is 26.0. The lowest BCUT2D eigenvalue weighted by Crippen LogP contribution is -2.14. The first-order valence-electron chi connectivity index (χ1n) is 14.8. The van der Waals surface area contributed by atoms with E-state index in [9.17, 15) is 15.0 Å². The monoisotopic (exact) mass is 636 g/mol. The molecule has 10 nitrogen and oxygen atoms in total. The molecule has 0 radical (unpaired) electrons. The number of aromatic hydroxyl groups is 2. The van der Waals surface area contributed by atoms with E-state index in [1.165, 1.54) is 9.59 Å². The van der Waals surface area contributed by atoms with Crippen LogP contribution in [0.2, 0.25) is 5.02 Å². The van der Waals surface area contributed by atoms with Gasteiger partial charge < -0.3 is 14.9 Å². The highest BCUT2D eigenvalue weighted by Crippen LogP contribution is 2.37. The Morgan fingerprint density at radius 1 is 0.826 bits per heavy atom. The molecule has 0 amide bonds. The summed E-state index contributed by atoms with van der Waals surface area (Å²) in [5.74, 6) is -0.537. The second-order valence-electron chi connectivity index (χ2n) is 12.3. The first-order valence-corrected chi connectivity index (χ1v) is 15.1. The second kappa shape index (κ2) is 11.9. The average molecular weight is 637 g/mol. The third kappa shape index (κ3) is 6.16. The van der Waals surface area contributed by atoms with Crippen LogP contribution in [0.15, 0.2) is 78.9 Å². The number of phenolic OH excluding ortho intramolecular Hbond substituents is 2. The minimum atomic E-state index is -0.474. The highest BCUT2D eigenvalue weighted by Gasteiger charge is 2.23. The molecule has 0 saturated carbocycles. The lowest BCUT2D eigenvalue weighted by atomic mass is 9.84. The molecule has 0 atom stereocenters. The maximum atomic E-state index is 12.0. The maximum Gasteiger partial charge on any atom is 0.333 e. The van der Waals surface area contributed by atoms with Crippen molar-refractivity contribution in [1.82, 2.24) is 30.0 Å². The van der Waals surface area contributed by atoms with Crippen LogP contribution in [0.4, 0.5) is 0 Å². The fourth-order valence-corrected chi connectivity index (χ4v) is 5.29. The van der Waals surface area contributed by atoms with Crippen LogP contribution in [-0.4, -0.2) is 52.8 Å². The minimum Gasteiger partial charge on any atom is -0.505 e. The molecule has 0 unspecified atom stereocenters. The predicted molar refractivity (Wildman–Crippen MR) is 177 cm³/mol. The smallest absolute Gasteiger partial charge is 0.333 e. The molecule has 0 saturated heterocycles. The lowest BCUT2D eigenvalue weighted by molar-refractivity contribution is -0.138. The number of carbonyl (C=O) groups is 1. The van der Waals surface area contributed by atoms with E-state index in [1.54, 1.807) is 31.2 Å². The van der Waals surface area contributed by atoms with E-state index in [4.69, 9.17) is 16.3 Å². The number of ether oxygens (including phenoxy) is 1. The van der Waals surface area contributed by atoms with Gasteiger partial charge in [-0.1, -0.05) is 63.2 Å². The summed E-state index contributed by atoms with van der Waals surface area (Å²) in [6.07, 6.45) is 0.528. The third-order valence-corrected chi connectivity index (χ3v) is 7.91. The molecule has 2 heterocycles. The van der Waals surface area contributed by atoms with Crippen molar-refractivity contribution >= 4 is 39.6 Å². The number of esters is 1. The maximum absolute atomic E-state index is 12.0. The van der Waals surface area contributed by atoms with Gasteiger partial charge in [0.05, 0.1) is 6.61 Å². The normalized spacial score (nSPS) is 11.8. The molecule has 0 bridgehead atoms. The van der Waals surface area contributed by atoms with Gasteiger partial charge in [-0.15, -0.1) is 30.0 Å². The number of halogens is 1. The Kier molecular flexibility index (Phi) is 7.99. The van der Waals surface area contributed by atoms with Crippen molar-refractivity contribution in [2.45, 2.75) is 46.0 Å². The quantitative estimate of drug-likeness (QED) is 0.138. The van der Waals surface area contributed by atoms with Crippen LogP contribution in [-0.2, 0) is 27.8 Å². The molecule has 6 aromatic rings. The van der Waals surface area contributed by atoms with Crippen LogP contribution < -0.4 is 0 Å². The molecule has 234 valence electrons. The fourth-order valence-electron chi connectivity index (χ4n) is 5.12. The Bertz CT molecular complexity index is 2110. The molecule has 4 aromatic carbocycles. The Morgan fingerprint density at radius 2 is 1.39 bits per heavy atom. The summed E-state index contributed by atoms with van der Waals surface area (Å²) in [4.78, 5) is 14.8. The number of benzene rings is 4. The van der Waals surface area contributed by atoms with Crippen LogP contribution in [0, 0.1) is 0 Å². The van der Waals surface area contributed by atoms with Gasteiger partial charge in [-0.05, 0) is 65.9 Å². The molecular weight excluding hydrogens is 604 g/mol. The van der Waals surface area contributed by atoms with E-state index < -0.39 is 5.97 Å². The summed E-state index contributed by atoms with van der Waals surface area (Å²) in [6, 6.07) is 20.1. The van der Waals surface area contributed by atoms with Gasteiger partial charge in [-0.2, -0.15) is 0 Å². The van der Waals surface area contributed by atoms with Gasteiger partial charge in [-0.25, -0.2) is 4.79 Å². The first kappa shape index (κ1) is 30.8. The highest BCUT2D eigenvalue weighted by molar-refractivity contribution is 6.31. The standard InChI is InChI=1S/C35H33ClN6O4/c1-20(2)34(45)46-13-12-21-14-22(32(43)30(15-21)41-37-26-8-6-7-9-27(26)38-41)16-23-17-24(35(3,4)5)18-31(33(23)44)42-39-28-11-10-25(36)19-29(28)40-42/h6-11,14-15,17-19,43-44H,1,12-13,16H2,2-5H3. The van der Waals surface area contributed by atoms with Crippen molar-refractivity contribution in [3.63, 3.8) is 0 Å². The van der Waals surface area contributed by atoms with Gasteiger partial charge in [-0.3, -0.25) is 0 Å². The van der Waals surface area contributed by atoms with E-state index in [2.05, 4.69) is 47.7 Å². The largest absolute Gasteiger partial charge is 0.505 e. The van der Waals surface area contributed by atoms with E-state index in [0.29, 0.717) is 61.6 Å². The number of phenols is 2. The third-order valence-electron chi connectivity index (χ3n) is 7.68. The van der Waals surface area contributed by atoms with Crippen molar-refractivity contribution in [3.05, 3.63) is 106 Å². The Balaban J connectivity index is 1.46. The molecule has 0 fully saturated rings.